The SMILES string of the molecule is Cc1nc2cc(F)c(-c3ccc(P(C)(C)=O)nc3)nc2c(N[C@@H](C)c2ncccc2F)c1Cl. The van der Waals surface area contributed by atoms with E-state index in [0.717, 1.165) is 0 Å². The second-order valence-corrected chi connectivity index (χ2v) is 11.6. The Morgan fingerprint density at radius 3 is 2.48 bits per heavy atom. The molecule has 0 aromatic carbocycles. The molecular formula is C23H21ClF2N5OP. The molecule has 0 saturated carbocycles. The number of hydrogen-bond acceptors (Lipinski definition) is 6. The maximum absolute atomic E-state index is 15.0. The minimum absolute atomic E-state index is 0.0463. The number of aromatic nitrogens is 4. The van der Waals surface area contributed by atoms with Crippen LogP contribution in [0.25, 0.3) is 22.3 Å². The lowest BCUT2D eigenvalue weighted by Crippen LogP contribution is -2.12. The van der Waals surface area contributed by atoms with Crippen LogP contribution in [0, 0.1) is 18.6 Å². The predicted octanol–water partition coefficient (Wildman–Crippen LogP) is 5.75. The molecule has 4 aromatic rings. The standard InChI is InChI=1S/C23H21ClF2N5OP/c1-12-19(24)23(30-13(2)20-15(25)6-5-9-27-20)22-17(29-12)10-16(26)21(31-22)14-7-8-18(28-11-14)33(3,4)32/h5-11,13H,1-4H3,(H,29,30)/t13-/m0/s1. The van der Waals surface area contributed by atoms with E-state index in [0.29, 0.717) is 38.4 Å². The molecule has 0 saturated heterocycles. The second kappa shape index (κ2) is 8.76. The zero-order chi connectivity index (χ0) is 23.9. The molecule has 170 valence electrons. The van der Waals surface area contributed by atoms with E-state index in [4.69, 9.17) is 11.6 Å². The first-order valence-corrected chi connectivity index (χ1v) is 13.1. The van der Waals surface area contributed by atoms with Gasteiger partial charge < -0.3 is 9.88 Å². The average molecular weight is 488 g/mol. The van der Waals surface area contributed by atoms with Gasteiger partial charge in [0.2, 0.25) is 0 Å². The van der Waals surface area contributed by atoms with Crippen molar-refractivity contribution in [2.75, 3.05) is 18.6 Å². The number of fused-ring (bicyclic) bond motifs is 1. The van der Waals surface area contributed by atoms with Gasteiger partial charge in [0, 0.05) is 24.0 Å². The van der Waals surface area contributed by atoms with Crippen molar-refractivity contribution in [1.29, 1.82) is 0 Å². The fraction of sp³-hybridized carbons (Fsp3) is 0.217. The van der Waals surface area contributed by atoms with Gasteiger partial charge in [0.1, 0.15) is 24.2 Å². The fourth-order valence-electron chi connectivity index (χ4n) is 3.44. The molecule has 0 unspecified atom stereocenters. The summed E-state index contributed by atoms with van der Waals surface area (Å²) in [7, 11) is -2.55. The Hall–Kier alpha value is -2.96. The molecule has 0 spiro atoms. The highest BCUT2D eigenvalue weighted by atomic mass is 35.5. The molecule has 33 heavy (non-hydrogen) atoms. The third-order valence-electron chi connectivity index (χ3n) is 5.15. The fourth-order valence-corrected chi connectivity index (χ4v) is 4.40. The number of nitrogens with one attached hydrogen (secondary N) is 1. The number of aryl methyl sites for hydroxylation is 1. The summed E-state index contributed by atoms with van der Waals surface area (Å²) in [6, 6.07) is 6.79. The highest BCUT2D eigenvalue weighted by molar-refractivity contribution is 7.69. The lowest BCUT2D eigenvalue weighted by atomic mass is 10.1. The van der Waals surface area contributed by atoms with Gasteiger partial charge in [-0.25, -0.2) is 18.7 Å². The van der Waals surface area contributed by atoms with Crippen molar-refractivity contribution < 1.29 is 13.3 Å². The Balaban J connectivity index is 1.84. The lowest BCUT2D eigenvalue weighted by Gasteiger charge is -2.19. The van der Waals surface area contributed by atoms with E-state index in [1.807, 2.05) is 0 Å². The Kier molecular flexibility index (Phi) is 6.16. The molecular weight excluding hydrogens is 467 g/mol. The molecule has 0 amide bonds. The van der Waals surface area contributed by atoms with Gasteiger partial charge in [-0.2, -0.15) is 0 Å². The quantitative estimate of drug-likeness (QED) is 0.361. The van der Waals surface area contributed by atoms with Crippen molar-refractivity contribution in [3.8, 4) is 11.3 Å². The third-order valence-corrected chi connectivity index (χ3v) is 6.98. The molecule has 10 heteroatoms. The first-order valence-electron chi connectivity index (χ1n) is 10.1. The number of pyridine rings is 4. The Labute approximate surface area is 194 Å². The van der Waals surface area contributed by atoms with E-state index in [9.17, 15) is 13.3 Å². The van der Waals surface area contributed by atoms with Gasteiger partial charge in [0.05, 0.1) is 39.1 Å². The molecule has 4 heterocycles. The van der Waals surface area contributed by atoms with Crippen LogP contribution in [0.1, 0.15) is 24.4 Å². The lowest BCUT2D eigenvalue weighted by molar-refractivity contribution is 0.587. The van der Waals surface area contributed by atoms with Crippen LogP contribution in [0.4, 0.5) is 14.5 Å². The molecule has 1 atom stereocenters. The number of anilines is 1. The topological polar surface area (TPSA) is 80.7 Å². The predicted molar refractivity (Wildman–Crippen MR) is 128 cm³/mol. The normalized spacial score (nSPS) is 12.7. The van der Waals surface area contributed by atoms with E-state index in [1.54, 1.807) is 39.3 Å². The zero-order valence-corrected chi connectivity index (χ0v) is 20.0. The van der Waals surface area contributed by atoms with Gasteiger partial charge in [-0.1, -0.05) is 11.6 Å². The smallest absolute Gasteiger partial charge is 0.151 e. The summed E-state index contributed by atoms with van der Waals surface area (Å²) < 4.78 is 41.5. The van der Waals surface area contributed by atoms with Crippen molar-refractivity contribution in [3.05, 3.63) is 70.8 Å². The second-order valence-electron chi connectivity index (χ2n) is 8.07. The molecule has 0 aliphatic carbocycles. The summed E-state index contributed by atoms with van der Waals surface area (Å²) in [4.78, 5) is 17.2. The maximum Gasteiger partial charge on any atom is 0.151 e. The largest absolute Gasteiger partial charge is 0.374 e. The Bertz CT molecular complexity index is 1410. The van der Waals surface area contributed by atoms with Crippen molar-refractivity contribution >= 4 is 40.9 Å². The molecule has 4 aromatic heterocycles. The molecule has 1 N–H and O–H groups in total. The van der Waals surface area contributed by atoms with Crippen molar-refractivity contribution in [2.45, 2.75) is 19.9 Å². The molecule has 4 rings (SSSR count). The van der Waals surface area contributed by atoms with Crippen molar-refractivity contribution in [2.24, 2.45) is 0 Å². The number of hydrogen-bond donors (Lipinski definition) is 1. The van der Waals surface area contributed by atoms with Crippen molar-refractivity contribution in [1.82, 2.24) is 19.9 Å². The van der Waals surface area contributed by atoms with Gasteiger partial charge in [-0.05, 0) is 51.4 Å². The van der Waals surface area contributed by atoms with Gasteiger partial charge >= 0.3 is 0 Å². The summed E-state index contributed by atoms with van der Waals surface area (Å²) in [6.07, 6.45) is 2.94. The summed E-state index contributed by atoms with van der Waals surface area (Å²) in [6.45, 7) is 6.66. The maximum atomic E-state index is 15.0. The van der Waals surface area contributed by atoms with E-state index in [2.05, 4.69) is 25.3 Å². The summed E-state index contributed by atoms with van der Waals surface area (Å²) >= 11 is 6.54. The average Bonchev–Trinajstić information content (AvgIpc) is 2.76. The highest BCUT2D eigenvalue weighted by Gasteiger charge is 2.21. The van der Waals surface area contributed by atoms with Crippen LogP contribution in [0.5, 0.6) is 0 Å². The van der Waals surface area contributed by atoms with Crippen LogP contribution >= 0.6 is 18.7 Å². The molecule has 0 aliphatic rings. The van der Waals surface area contributed by atoms with Gasteiger partial charge in [-0.15, -0.1) is 0 Å². The summed E-state index contributed by atoms with van der Waals surface area (Å²) in [5.41, 5.74) is 2.61. The van der Waals surface area contributed by atoms with E-state index in [-0.39, 0.29) is 11.4 Å². The minimum atomic E-state index is -2.55. The molecule has 0 radical (unpaired) electrons. The van der Waals surface area contributed by atoms with Crippen molar-refractivity contribution in [3.63, 3.8) is 0 Å². The summed E-state index contributed by atoms with van der Waals surface area (Å²) in [5.74, 6) is -1.05. The van der Waals surface area contributed by atoms with E-state index < -0.39 is 24.8 Å². The van der Waals surface area contributed by atoms with E-state index in [1.165, 1.54) is 30.6 Å². The monoisotopic (exact) mass is 487 g/mol. The summed E-state index contributed by atoms with van der Waals surface area (Å²) in [5, 5.41) is 3.46. The zero-order valence-electron chi connectivity index (χ0n) is 18.4. The molecule has 0 bridgehead atoms. The van der Waals surface area contributed by atoms with E-state index >= 15 is 0 Å². The molecule has 0 fully saturated rings. The van der Waals surface area contributed by atoms with Crippen LogP contribution in [-0.4, -0.2) is 33.3 Å². The van der Waals surface area contributed by atoms with Crippen LogP contribution < -0.4 is 10.8 Å². The number of nitrogens with zero attached hydrogens (tertiary/aromatic N) is 4. The van der Waals surface area contributed by atoms with Crippen LogP contribution in [0.3, 0.4) is 0 Å². The van der Waals surface area contributed by atoms with Gasteiger partial charge in [0.25, 0.3) is 0 Å². The number of halogens is 3. The van der Waals surface area contributed by atoms with Crippen LogP contribution in [0.2, 0.25) is 5.02 Å². The third kappa shape index (κ3) is 4.59. The van der Waals surface area contributed by atoms with Gasteiger partial charge in [-0.3, -0.25) is 9.97 Å². The van der Waals surface area contributed by atoms with Crippen LogP contribution in [-0.2, 0) is 4.57 Å². The minimum Gasteiger partial charge on any atom is -0.374 e. The first kappa shape index (κ1) is 23.2. The van der Waals surface area contributed by atoms with Gasteiger partial charge in [0.15, 0.2) is 5.82 Å². The molecule has 0 aliphatic heterocycles. The molecule has 6 nitrogen and oxygen atoms in total. The number of rotatable bonds is 5. The first-order chi connectivity index (χ1) is 15.6. The van der Waals surface area contributed by atoms with Crippen LogP contribution in [0.15, 0.2) is 42.7 Å². The highest BCUT2D eigenvalue weighted by Crippen LogP contribution is 2.37. The Morgan fingerprint density at radius 2 is 1.85 bits per heavy atom. The Morgan fingerprint density at radius 1 is 1.09 bits per heavy atom.